The van der Waals surface area contributed by atoms with Crippen LogP contribution in [0.4, 0.5) is 0 Å². The summed E-state index contributed by atoms with van der Waals surface area (Å²) in [6, 6.07) is 1.16. The van der Waals surface area contributed by atoms with Crippen molar-refractivity contribution < 1.29 is 17.9 Å². The summed E-state index contributed by atoms with van der Waals surface area (Å²) in [5.41, 5.74) is 5.84. The van der Waals surface area contributed by atoms with Crippen LogP contribution in [0.1, 0.15) is 22.5 Å². The van der Waals surface area contributed by atoms with Crippen LogP contribution in [0.3, 0.4) is 0 Å². The lowest BCUT2D eigenvalue weighted by Crippen LogP contribution is -2.38. The van der Waals surface area contributed by atoms with Crippen LogP contribution in [-0.2, 0) is 14.8 Å². The zero-order chi connectivity index (χ0) is 14.0. The van der Waals surface area contributed by atoms with Crippen LogP contribution in [0.25, 0.3) is 0 Å². The van der Waals surface area contributed by atoms with E-state index in [1.807, 2.05) is 0 Å². The summed E-state index contributed by atoms with van der Waals surface area (Å²) in [6.07, 6.45) is 2.13. The van der Waals surface area contributed by atoms with Gasteiger partial charge in [0.2, 0.25) is 10.0 Å². The molecule has 1 heterocycles. The van der Waals surface area contributed by atoms with E-state index >= 15 is 0 Å². The van der Waals surface area contributed by atoms with Crippen LogP contribution in [0.15, 0.2) is 16.3 Å². The molecule has 1 aromatic rings. The number of hydrogen-bond donors (Lipinski definition) is 2. The van der Waals surface area contributed by atoms with Crippen LogP contribution in [0, 0.1) is 5.92 Å². The van der Waals surface area contributed by atoms with Crippen LogP contribution < -0.4 is 10.5 Å². The fourth-order valence-electron chi connectivity index (χ4n) is 1.65. The first-order valence-electron chi connectivity index (χ1n) is 5.86. The third kappa shape index (κ3) is 3.53. The molecule has 6 nitrogen and oxygen atoms in total. The SMILES string of the molecule is COC(=O)c1cc(S(=O)(=O)NCC(N)C2CC2)cs1. The summed E-state index contributed by atoms with van der Waals surface area (Å²) >= 11 is 1.04. The van der Waals surface area contributed by atoms with Crippen molar-refractivity contribution in [3.63, 3.8) is 0 Å². The number of thiophene rings is 1. The second-order valence-corrected chi connectivity index (χ2v) is 7.17. The predicted octanol–water partition coefficient (Wildman–Crippen LogP) is 0.550. The van der Waals surface area contributed by atoms with Gasteiger partial charge < -0.3 is 10.5 Å². The third-order valence-corrected chi connectivity index (χ3v) is 5.47. The lowest BCUT2D eigenvalue weighted by atomic mass is 10.2. The maximum Gasteiger partial charge on any atom is 0.348 e. The molecule has 1 fully saturated rings. The Morgan fingerprint density at radius 2 is 2.32 bits per heavy atom. The summed E-state index contributed by atoms with van der Waals surface area (Å²) in [5.74, 6) is -0.114. The maximum atomic E-state index is 12.0. The second kappa shape index (κ2) is 5.58. The number of hydrogen-bond acceptors (Lipinski definition) is 6. The van der Waals surface area contributed by atoms with Crippen molar-refractivity contribution in [2.45, 2.75) is 23.8 Å². The first-order chi connectivity index (χ1) is 8.94. The standard InChI is InChI=1S/C11H16N2O4S2/c1-17-11(14)10-4-8(6-18-10)19(15,16)13-5-9(12)7-2-3-7/h4,6-7,9,13H,2-3,5,12H2,1H3. The van der Waals surface area contributed by atoms with E-state index in [4.69, 9.17) is 5.73 Å². The van der Waals surface area contributed by atoms with Crippen molar-refractivity contribution in [2.24, 2.45) is 11.7 Å². The van der Waals surface area contributed by atoms with E-state index in [0.717, 1.165) is 24.2 Å². The quantitative estimate of drug-likeness (QED) is 0.748. The molecule has 0 saturated heterocycles. The Labute approximate surface area is 116 Å². The van der Waals surface area contributed by atoms with E-state index in [1.165, 1.54) is 18.6 Å². The maximum absolute atomic E-state index is 12.0. The number of ether oxygens (including phenoxy) is 1. The topological polar surface area (TPSA) is 98.5 Å². The molecule has 0 amide bonds. The lowest BCUT2D eigenvalue weighted by molar-refractivity contribution is 0.0606. The molecule has 1 aromatic heterocycles. The summed E-state index contributed by atoms with van der Waals surface area (Å²) in [7, 11) is -2.36. The van der Waals surface area contributed by atoms with Crippen LogP contribution in [-0.4, -0.2) is 34.1 Å². The Hall–Kier alpha value is -0.960. The number of nitrogens with two attached hydrogens (primary N) is 1. The molecule has 19 heavy (non-hydrogen) atoms. The van der Waals surface area contributed by atoms with Crippen molar-refractivity contribution in [3.8, 4) is 0 Å². The largest absolute Gasteiger partial charge is 0.465 e. The molecule has 0 aliphatic heterocycles. The molecule has 106 valence electrons. The number of carbonyl (C=O) groups excluding carboxylic acids is 1. The normalized spacial score (nSPS) is 17.2. The zero-order valence-electron chi connectivity index (χ0n) is 10.5. The van der Waals surface area contributed by atoms with E-state index in [1.54, 1.807) is 0 Å². The minimum Gasteiger partial charge on any atom is -0.465 e. The molecule has 1 atom stereocenters. The first kappa shape index (κ1) is 14.4. The Bertz CT molecular complexity index is 563. The Balaban J connectivity index is 2.02. The average molecular weight is 304 g/mol. The van der Waals surface area contributed by atoms with Gasteiger partial charge in [0.05, 0.1) is 12.0 Å². The highest BCUT2D eigenvalue weighted by Gasteiger charge is 2.29. The van der Waals surface area contributed by atoms with Gasteiger partial charge in [0.15, 0.2) is 0 Å². The van der Waals surface area contributed by atoms with E-state index in [-0.39, 0.29) is 22.4 Å². The molecule has 8 heteroatoms. The minimum atomic E-state index is -3.61. The van der Waals surface area contributed by atoms with Crippen molar-refractivity contribution >= 4 is 27.3 Å². The zero-order valence-corrected chi connectivity index (χ0v) is 12.1. The average Bonchev–Trinajstić information content (AvgIpc) is 3.11. The third-order valence-electron chi connectivity index (χ3n) is 3.01. The summed E-state index contributed by atoms with van der Waals surface area (Å²) in [6.45, 7) is 0.219. The second-order valence-electron chi connectivity index (χ2n) is 4.49. The Morgan fingerprint density at radius 3 is 2.89 bits per heavy atom. The fraction of sp³-hybridized carbons (Fsp3) is 0.545. The molecule has 0 aromatic carbocycles. The monoisotopic (exact) mass is 304 g/mol. The number of sulfonamides is 1. The first-order valence-corrected chi connectivity index (χ1v) is 8.22. The molecule has 0 spiro atoms. The van der Waals surface area contributed by atoms with E-state index in [9.17, 15) is 13.2 Å². The molecule has 2 rings (SSSR count). The van der Waals surface area contributed by atoms with E-state index in [2.05, 4.69) is 9.46 Å². The predicted molar refractivity (Wildman–Crippen MR) is 71.5 cm³/mol. The van der Waals surface area contributed by atoms with Crippen molar-refractivity contribution in [1.29, 1.82) is 0 Å². The number of methoxy groups -OCH3 is 1. The fourth-order valence-corrected chi connectivity index (χ4v) is 3.91. The molecule has 0 radical (unpaired) electrons. The minimum absolute atomic E-state index is 0.0703. The van der Waals surface area contributed by atoms with Crippen molar-refractivity contribution in [3.05, 3.63) is 16.3 Å². The molecule has 0 bridgehead atoms. The van der Waals surface area contributed by atoms with Gasteiger partial charge in [0, 0.05) is 18.0 Å². The van der Waals surface area contributed by atoms with Crippen LogP contribution >= 0.6 is 11.3 Å². The summed E-state index contributed by atoms with van der Waals surface area (Å²) in [5, 5.41) is 1.41. The van der Waals surface area contributed by atoms with Crippen LogP contribution in [0.2, 0.25) is 0 Å². The molecule has 1 aliphatic rings. The van der Waals surface area contributed by atoms with Crippen molar-refractivity contribution in [2.75, 3.05) is 13.7 Å². The van der Waals surface area contributed by atoms with E-state index in [0.29, 0.717) is 5.92 Å². The van der Waals surface area contributed by atoms with Crippen molar-refractivity contribution in [1.82, 2.24) is 4.72 Å². The van der Waals surface area contributed by atoms with Gasteiger partial charge in [-0.05, 0) is 24.8 Å². The number of esters is 1. The van der Waals surface area contributed by atoms with Gasteiger partial charge in [-0.25, -0.2) is 17.9 Å². The van der Waals surface area contributed by atoms with Gasteiger partial charge in [0.25, 0.3) is 0 Å². The number of carbonyl (C=O) groups is 1. The number of nitrogens with one attached hydrogen (secondary N) is 1. The molecule has 1 saturated carbocycles. The van der Waals surface area contributed by atoms with Gasteiger partial charge in [0.1, 0.15) is 4.88 Å². The smallest absolute Gasteiger partial charge is 0.348 e. The molecule has 1 unspecified atom stereocenters. The molecular weight excluding hydrogens is 288 g/mol. The summed E-state index contributed by atoms with van der Waals surface area (Å²) in [4.78, 5) is 11.6. The Morgan fingerprint density at radius 1 is 1.63 bits per heavy atom. The molecule has 1 aliphatic carbocycles. The van der Waals surface area contributed by atoms with Gasteiger partial charge in [-0.15, -0.1) is 11.3 Å². The highest BCUT2D eigenvalue weighted by molar-refractivity contribution is 7.89. The van der Waals surface area contributed by atoms with Crippen LogP contribution in [0.5, 0.6) is 0 Å². The van der Waals surface area contributed by atoms with Gasteiger partial charge in [-0.1, -0.05) is 0 Å². The number of rotatable bonds is 6. The highest BCUT2D eigenvalue weighted by Crippen LogP contribution is 2.31. The molecular formula is C11H16N2O4S2. The van der Waals surface area contributed by atoms with E-state index < -0.39 is 16.0 Å². The Kier molecular flexibility index (Phi) is 4.24. The van der Waals surface area contributed by atoms with Gasteiger partial charge in [-0.3, -0.25) is 0 Å². The highest BCUT2D eigenvalue weighted by atomic mass is 32.2. The summed E-state index contributed by atoms with van der Waals surface area (Å²) < 4.78 is 31.0. The lowest BCUT2D eigenvalue weighted by Gasteiger charge is -2.11. The molecule has 3 N–H and O–H groups in total. The van der Waals surface area contributed by atoms with Gasteiger partial charge in [-0.2, -0.15) is 0 Å². The van der Waals surface area contributed by atoms with Gasteiger partial charge >= 0.3 is 5.97 Å².